The number of nitrogens with zero attached hydrogens (tertiary/aromatic N) is 2. The fourth-order valence-electron chi connectivity index (χ4n) is 3.88. The maximum absolute atomic E-state index is 14.9. The van der Waals surface area contributed by atoms with Gasteiger partial charge < -0.3 is 9.80 Å². The Morgan fingerprint density at radius 2 is 1.38 bits per heavy atom. The Morgan fingerprint density at radius 1 is 0.781 bits per heavy atom. The topological polar surface area (TPSA) is 40.6 Å². The Labute approximate surface area is 195 Å². The van der Waals surface area contributed by atoms with Crippen molar-refractivity contribution < 1.29 is 14.0 Å². The van der Waals surface area contributed by atoms with Crippen LogP contribution in [-0.2, 0) is 0 Å². The number of carbonyl (C=O) groups is 2. The van der Waals surface area contributed by atoms with Crippen molar-refractivity contribution in [1.82, 2.24) is 4.90 Å². The first-order valence-electron chi connectivity index (χ1n) is 10.5. The van der Waals surface area contributed by atoms with Gasteiger partial charge in [-0.05, 0) is 73.5 Å². The summed E-state index contributed by atoms with van der Waals surface area (Å²) in [5.41, 5.74) is 4.13. The van der Waals surface area contributed by atoms with Crippen molar-refractivity contribution in [2.24, 2.45) is 0 Å². The van der Waals surface area contributed by atoms with Crippen molar-refractivity contribution in [2.45, 2.75) is 13.8 Å². The minimum Gasteiger partial charge on any atom is -0.366 e. The molecule has 1 fully saturated rings. The van der Waals surface area contributed by atoms with Gasteiger partial charge in [0.25, 0.3) is 5.91 Å². The summed E-state index contributed by atoms with van der Waals surface area (Å²) in [5, 5.41) is 0. The standard InChI is InChI=1S/C26H24BrFN2O2/c1-17-3-4-20(15-18(17)2)25(31)21-7-10-24(23(28)16-21)29-11-13-30(14-12-29)26(32)19-5-8-22(27)9-6-19/h3-10,15-16H,11-14H2,1-2H3. The van der Waals surface area contributed by atoms with Gasteiger partial charge in [0.1, 0.15) is 5.82 Å². The highest BCUT2D eigenvalue weighted by atomic mass is 79.9. The summed E-state index contributed by atoms with van der Waals surface area (Å²) < 4.78 is 15.9. The molecule has 3 aromatic rings. The maximum Gasteiger partial charge on any atom is 0.253 e. The minimum absolute atomic E-state index is 0.0213. The molecule has 1 aliphatic rings. The Bertz CT molecular complexity index is 1170. The van der Waals surface area contributed by atoms with E-state index in [-0.39, 0.29) is 11.7 Å². The average Bonchev–Trinajstić information content (AvgIpc) is 2.80. The third-order valence-corrected chi connectivity index (χ3v) is 6.51. The number of carbonyl (C=O) groups excluding carboxylic acids is 2. The van der Waals surface area contributed by atoms with Gasteiger partial charge in [-0.1, -0.05) is 28.1 Å². The highest BCUT2D eigenvalue weighted by molar-refractivity contribution is 9.10. The molecule has 3 aromatic carbocycles. The molecule has 6 heteroatoms. The van der Waals surface area contributed by atoms with Gasteiger partial charge in [0.05, 0.1) is 5.69 Å². The number of benzene rings is 3. The van der Waals surface area contributed by atoms with Crippen LogP contribution in [0, 0.1) is 19.7 Å². The van der Waals surface area contributed by atoms with Crippen LogP contribution in [0.5, 0.6) is 0 Å². The summed E-state index contributed by atoms with van der Waals surface area (Å²) in [6.45, 7) is 6.03. The molecule has 32 heavy (non-hydrogen) atoms. The van der Waals surface area contributed by atoms with Gasteiger partial charge in [-0.2, -0.15) is 0 Å². The summed E-state index contributed by atoms with van der Waals surface area (Å²) in [6.07, 6.45) is 0. The van der Waals surface area contributed by atoms with E-state index in [0.29, 0.717) is 48.6 Å². The number of amides is 1. The van der Waals surface area contributed by atoms with E-state index in [1.807, 2.05) is 43.0 Å². The molecule has 1 amide bonds. The van der Waals surface area contributed by atoms with Gasteiger partial charge >= 0.3 is 0 Å². The first kappa shape index (κ1) is 22.2. The van der Waals surface area contributed by atoms with Crippen molar-refractivity contribution in [2.75, 3.05) is 31.1 Å². The SMILES string of the molecule is Cc1ccc(C(=O)c2ccc(N3CCN(C(=O)c4ccc(Br)cc4)CC3)c(F)c2)cc1C. The monoisotopic (exact) mass is 494 g/mol. The van der Waals surface area contributed by atoms with Gasteiger partial charge in [0.15, 0.2) is 5.78 Å². The van der Waals surface area contributed by atoms with E-state index in [1.54, 1.807) is 35.2 Å². The number of hydrogen-bond acceptors (Lipinski definition) is 3. The van der Waals surface area contributed by atoms with Gasteiger partial charge in [-0.25, -0.2) is 4.39 Å². The second kappa shape index (κ2) is 9.25. The van der Waals surface area contributed by atoms with E-state index in [9.17, 15) is 14.0 Å². The number of hydrogen-bond donors (Lipinski definition) is 0. The maximum atomic E-state index is 14.9. The quantitative estimate of drug-likeness (QED) is 0.456. The predicted octanol–water partition coefficient (Wildman–Crippen LogP) is 5.40. The minimum atomic E-state index is -0.424. The molecule has 0 saturated carbocycles. The van der Waals surface area contributed by atoms with Gasteiger partial charge in [-0.15, -0.1) is 0 Å². The van der Waals surface area contributed by atoms with E-state index >= 15 is 0 Å². The Balaban J connectivity index is 1.44. The lowest BCUT2D eigenvalue weighted by molar-refractivity contribution is 0.0746. The molecule has 0 aromatic heterocycles. The lowest BCUT2D eigenvalue weighted by Crippen LogP contribution is -2.49. The fraction of sp³-hybridized carbons (Fsp3) is 0.231. The zero-order valence-electron chi connectivity index (χ0n) is 18.1. The Hall–Kier alpha value is -2.99. The van der Waals surface area contributed by atoms with Crippen LogP contribution in [0.1, 0.15) is 37.4 Å². The predicted molar refractivity (Wildman–Crippen MR) is 128 cm³/mol. The molecule has 0 spiro atoms. The fourth-order valence-corrected chi connectivity index (χ4v) is 4.14. The van der Waals surface area contributed by atoms with Crippen LogP contribution >= 0.6 is 15.9 Å². The molecular weight excluding hydrogens is 471 g/mol. The molecule has 0 aliphatic carbocycles. The van der Waals surface area contributed by atoms with E-state index in [4.69, 9.17) is 0 Å². The Morgan fingerprint density at radius 3 is 2.00 bits per heavy atom. The highest BCUT2D eigenvalue weighted by Crippen LogP contribution is 2.24. The number of aryl methyl sites for hydroxylation is 2. The lowest BCUT2D eigenvalue weighted by atomic mass is 9.99. The van der Waals surface area contributed by atoms with Crippen LogP contribution in [0.3, 0.4) is 0 Å². The molecule has 1 aliphatic heterocycles. The van der Waals surface area contributed by atoms with Crippen LogP contribution in [0.15, 0.2) is 65.1 Å². The van der Waals surface area contributed by atoms with E-state index < -0.39 is 5.82 Å². The molecule has 4 rings (SSSR count). The number of rotatable bonds is 4. The lowest BCUT2D eigenvalue weighted by Gasteiger charge is -2.36. The summed E-state index contributed by atoms with van der Waals surface area (Å²) in [4.78, 5) is 29.2. The van der Waals surface area contributed by atoms with Crippen LogP contribution in [-0.4, -0.2) is 42.8 Å². The second-order valence-corrected chi connectivity index (χ2v) is 9.00. The largest absolute Gasteiger partial charge is 0.366 e. The normalized spacial score (nSPS) is 13.9. The average molecular weight is 495 g/mol. The van der Waals surface area contributed by atoms with Crippen LogP contribution in [0.2, 0.25) is 0 Å². The molecular formula is C26H24BrFN2O2. The van der Waals surface area contributed by atoms with Crippen molar-refractivity contribution >= 4 is 33.3 Å². The summed E-state index contributed by atoms with van der Waals surface area (Å²) >= 11 is 3.38. The zero-order valence-corrected chi connectivity index (χ0v) is 19.7. The van der Waals surface area contributed by atoms with Crippen molar-refractivity contribution in [1.29, 1.82) is 0 Å². The molecule has 4 nitrogen and oxygen atoms in total. The number of ketones is 1. The summed E-state index contributed by atoms with van der Waals surface area (Å²) in [7, 11) is 0. The molecule has 1 saturated heterocycles. The van der Waals surface area contributed by atoms with Crippen molar-refractivity contribution in [3.63, 3.8) is 0 Å². The Kier molecular flexibility index (Phi) is 6.42. The molecule has 0 bridgehead atoms. The molecule has 1 heterocycles. The molecule has 164 valence electrons. The summed E-state index contributed by atoms with van der Waals surface area (Å²) in [5.74, 6) is -0.636. The molecule has 0 atom stereocenters. The highest BCUT2D eigenvalue weighted by Gasteiger charge is 2.24. The number of halogens is 2. The number of anilines is 1. The van der Waals surface area contributed by atoms with Crippen LogP contribution in [0.25, 0.3) is 0 Å². The number of piperazine rings is 1. The first-order valence-corrected chi connectivity index (χ1v) is 11.3. The van der Waals surface area contributed by atoms with Gasteiger partial charge in [-0.3, -0.25) is 9.59 Å². The van der Waals surface area contributed by atoms with Gasteiger partial charge in [0, 0.05) is 47.3 Å². The molecule has 0 unspecified atom stereocenters. The smallest absolute Gasteiger partial charge is 0.253 e. The van der Waals surface area contributed by atoms with E-state index in [0.717, 1.165) is 15.6 Å². The molecule has 0 radical (unpaired) electrons. The van der Waals surface area contributed by atoms with E-state index in [1.165, 1.54) is 6.07 Å². The summed E-state index contributed by atoms with van der Waals surface area (Å²) in [6, 6.07) is 17.5. The second-order valence-electron chi connectivity index (χ2n) is 8.08. The van der Waals surface area contributed by atoms with Crippen LogP contribution in [0.4, 0.5) is 10.1 Å². The van der Waals surface area contributed by atoms with E-state index in [2.05, 4.69) is 15.9 Å². The first-order chi connectivity index (χ1) is 15.3. The third-order valence-electron chi connectivity index (χ3n) is 5.98. The van der Waals surface area contributed by atoms with Gasteiger partial charge in [0.2, 0.25) is 0 Å². The molecule has 0 N–H and O–H groups in total. The van der Waals surface area contributed by atoms with Crippen molar-refractivity contribution in [3.05, 3.63) is 98.8 Å². The van der Waals surface area contributed by atoms with Crippen LogP contribution < -0.4 is 4.90 Å². The zero-order chi connectivity index (χ0) is 22.8. The van der Waals surface area contributed by atoms with Crippen molar-refractivity contribution in [3.8, 4) is 0 Å². The third kappa shape index (κ3) is 4.60.